The number of carbonyl (C=O) groups excluding carboxylic acids is 2. The van der Waals surface area contributed by atoms with E-state index < -0.39 is 0 Å². The topological polar surface area (TPSA) is 103 Å². The Balaban J connectivity index is 2.60. The second kappa shape index (κ2) is 8.23. The summed E-state index contributed by atoms with van der Waals surface area (Å²) in [6, 6.07) is 4.74. The van der Waals surface area contributed by atoms with Crippen molar-refractivity contribution in [1.82, 2.24) is 5.32 Å². The van der Waals surface area contributed by atoms with Crippen molar-refractivity contribution in [3.63, 3.8) is 0 Å². The van der Waals surface area contributed by atoms with E-state index in [1.54, 1.807) is 32.0 Å². The summed E-state index contributed by atoms with van der Waals surface area (Å²) in [6.45, 7) is 3.33. The number of ether oxygens (including phenoxy) is 2. The van der Waals surface area contributed by atoms with Gasteiger partial charge in [0.15, 0.2) is 0 Å². The number of benzene rings is 1. The average molecular weight is 309 g/mol. The lowest BCUT2D eigenvalue weighted by molar-refractivity contribution is -0.127. The van der Waals surface area contributed by atoms with E-state index in [1.807, 2.05) is 0 Å². The predicted octanol–water partition coefficient (Wildman–Crippen LogP) is 0.742. The molecule has 1 aromatic carbocycles. The van der Waals surface area contributed by atoms with E-state index >= 15 is 0 Å². The highest BCUT2D eigenvalue weighted by Crippen LogP contribution is 2.25. The second-order valence-corrected chi connectivity index (χ2v) is 5.02. The molecule has 0 aliphatic rings. The van der Waals surface area contributed by atoms with Crippen LogP contribution in [0.1, 0.15) is 13.8 Å². The molecule has 1 aromatic rings. The first-order valence-corrected chi connectivity index (χ1v) is 6.93. The summed E-state index contributed by atoms with van der Waals surface area (Å²) in [5, 5.41) is 5.22. The molecule has 7 heteroatoms. The van der Waals surface area contributed by atoms with Crippen molar-refractivity contribution in [3.05, 3.63) is 18.2 Å². The van der Waals surface area contributed by atoms with Gasteiger partial charge in [-0.3, -0.25) is 9.59 Å². The highest BCUT2D eigenvalue weighted by Gasteiger charge is 2.17. The number of amides is 2. The van der Waals surface area contributed by atoms with Crippen LogP contribution in [0.25, 0.3) is 0 Å². The van der Waals surface area contributed by atoms with Crippen LogP contribution in [0.4, 0.5) is 5.69 Å². The first-order chi connectivity index (χ1) is 10.4. The van der Waals surface area contributed by atoms with Crippen molar-refractivity contribution in [2.24, 2.45) is 11.7 Å². The Hall–Kier alpha value is -2.28. The van der Waals surface area contributed by atoms with Crippen LogP contribution >= 0.6 is 0 Å². The Morgan fingerprint density at radius 2 is 1.68 bits per heavy atom. The van der Waals surface area contributed by atoms with Crippen LogP contribution in [0, 0.1) is 5.92 Å². The van der Waals surface area contributed by atoms with Crippen LogP contribution < -0.4 is 25.8 Å². The molecule has 0 bridgehead atoms. The molecule has 22 heavy (non-hydrogen) atoms. The Morgan fingerprint density at radius 3 is 2.14 bits per heavy atom. The molecule has 0 saturated heterocycles. The molecule has 0 aromatic heterocycles. The second-order valence-electron chi connectivity index (χ2n) is 5.02. The van der Waals surface area contributed by atoms with Crippen molar-refractivity contribution < 1.29 is 19.1 Å². The summed E-state index contributed by atoms with van der Waals surface area (Å²) in [7, 11) is 3.05. The monoisotopic (exact) mass is 309 g/mol. The molecule has 2 amide bonds. The molecule has 2 unspecified atom stereocenters. The number of carbonyl (C=O) groups is 2. The van der Waals surface area contributed by atoms with Crippen molar-refractivity contribution in [2.75, 3.05) is 26.1 Å². The van der Waals surface area contributed by atoms with Crippen LogP contribution in [0.2, 0.25) is 0 Å². The molecule has 0 radical (unpaired) electrons. The van der Waals surface area contributed by atoms with Crippen LogP contribution in [-0.2, 0) is 9.59 Å². The van der Waals surface area contributed by atoms with Gasteiger partial charge in [0.05, 0.1) is 20.8 Å². The fraction of sp³-hybridized carbons (Fsp3) is 0.467. The Morgan fingerprint density at radius 1 is 1.14 bits per heavy atom. The smallest absolute Gasteiger partial charge is 0.243 e. The number of anilines is 1. The van der Waals surface area contributed by atoms with E-state index in [0.29, 0.717) is 17.2 Å². The molecule has 0 spiro atoms. The molecular formula is C15H23N3O4. The third kappa shape index (κ3) is 5.25. The zero-order valence-corrected chi connectivity index (χ0v) is 13.3. The fourth-order valence-corrected chi connectivity index (χ4v) is 1.65. The molecule has 2 atom stereocenters. The third-order valence-electron chi connectivity index (χ3n) is 3.26. The summed E-state index contributed by atoms with van der Waals surface area (Å²) in [4.78, 5) is 23.6. The van der Waals surface area contributed by atoms with Gasteiger partial charge in [0.2, 0.25) is 11.8 Å². The Labute approximate surface area is 130 Å². The van der Waals surface area contributed by atoms with Gasteiger partial charge < -0.3 is 25.8 Å². The molecule has 0 heterocycles. The maximum Gasteiger partial charge on any atom is 0.243 e. The minimum Gasteiger partial charge on any atom is -0.497 e. The van der Waals surface area contributed by atoms with Crippen LogP contribution in [0.15, 0.2) is 18.2 Å². The lowest BCUT2D eigenvalue weighted by atomic mass is 10.0. The van der Waals surface area contributed by atoms with E-state index in [9.17, 15) is 9.59 Å². The summed E-state index contributed by atoms with van der Waals surface area (Å²) < 4.78 is 10.2. The van der Waals surface area contributed by atoms with Crippen LogP contribution in [0.3, 0.4) is 0 Å². The molecule has 0 aliphatic heterocycles. The minimum absolute atomic E-state index is 0.130. The molecule has 1 rings (SSSR count). The molecule has 4 N–H and O–H groups in total. The van der Waals surface area contributed by atoms with Gasteiger partial charge in [-0.15, -0.1) is 0 Å². The quantitative estimate of drug-likeness (QED) is 0.689. The van der Waals surface area contributed by atoms with Crippen molar-refractivity contribution in [3.8, 4) is 11.5 Å². The average Bonchev–Trinajstić information content (AvgIpc) is 2.51. The lowest BCUT2D eigenvalue weighted by Crippen LogP contribution is -2.41. The number of nitrogens with one attached hydrogen (secondary N) is 2. The largest absolute Gasteiger partial charge is 0.497 e. The minimum atomic E-state index is -0.357. The fourth-order valence-electron chi connectivity index (χ4n) is 1.65. The van der Waals surface area contributed by atoms with Gasteiger partial charge in [-0.25, -0.2) is 0 Å². The zero-order valence-electron chi connectivity index (χ0n) is 13.3. The zero-order chi connectivity index (χ0) is 16.7. The molecule has 0 aliphatic carbocycles. The Bertz CT molecular complexity index is 509. The van der Waals surface area contributed by atoms with Gasteiger partial charge in [-0.05, 0) is 6.92 Å². The van der Waals surface area contributed by atoms with Gasteiger partial charge in [0, 0.05) is 35.8 Å². The van der Waals surface area contributed by atoms with E-state index in [4.69, 9.17) is 15.2 Å². The molecular weight excluding hydrogens is 286 g/mol. The summed E-state index contributed by atoms with van der Waals surface area (Å²) >= 11 is 0. The summed E-state index contributed by atoms with van der Waals surface area (Å²) in [5.74, 6) is 0.159. The molecule has 122 valence electrons. The first-order valence-electron chi connectivity index (χ1n) is 6.93. The predicted molar refractivity (Wildman–Crippen MR) is 84.0 cm³/mol. The first kappa shape index (κ1) is 17.8. The number of nitrogens with two attached hydrogens (primary N) is 1. The van der Waals surface area contributed by atoms with Gasteiger partial charge in [-0.2, -0.15) is 0 Å². The van der Waals surface area contributed by atoms with Crippen LogP contribution in [-0.4, -0.2) is 38.6 Å². The van der Waals surface area contributed by atoms with E-state index in [-0.39, 0.29) is 30.3 Å². The van der Waals surface area contributed by atoms with Crippen LogP contribution in [0.5, 0.6) is 11.5 Å². The lowest BCUT2D eigenvalue weighted by Gasteiger charge is -2.15. The molecule has 0 fully saturated rings. The van der Waals surface area contributed by atoms with Gasteiger partial charge >= 0.3 is 0 Å². The molecule has 0 saturated carbocycles. The van der Waals surface area contributed by atoms with Gasteiger partial charge in [0.1, 0.15) is 11.5 Å². The number of methoxy groups -OCH3 is 2. The van der Waals surface area contributed by atoms with E-state index in [2.05, 4.69) is 10.6 Å². The number of hydrogen-bond donors (Lipinski definition) is 3. The molecule has 7 nitrogen and oxygen atoms in total. The highest BCUT2D eigenvalue weighted by molar-refractivity contribution is 5.95. The van der Waals surface area contributed by atoms with Gasteiger partial charge in [-0.1, -0.05) is 6.92 Å². The highest BCUT2D eigenvalue weighted by atomic mass is 16.5. The van der Waals surface area contributed by atoms with E-state index in [0.717, 1.165) is 0 Å². The van der Waals surface area contributed by atoms with E-state index in [1.165, 1.54) is 14.2 Å². The van der Waals surface area contributed by atoms with Crippen molar-refractivity contribution in [2.45, 2.75) is 19.9 Å². The Kier molecular flexibility index (Phi) is 6.65. The normalized spacial score (nSPS) is 13.0. The summed E-state index contributed by atoms with van der Waals surface area (Å²) in [6.07, 6.45) is 0. The standard InChI is InChI=1S/C15H23N3O4/c1-9(10(2)16)15(20)17-8-14(19)18-11-5-12(21-3)7-13(6-11)22-4/h5-7,9-10H,8,16H2,1-4H3,(H,17,20)(H,18,19). The summed E-state index contributed by atoms with van der Waals surface area (Å²) in [5.41, 5.74) is 6.17. The SMILES string of the molecule is COc1cc(NC(=O)CNC(=O)C(C)C(C)N)cc(OC)c1. The maximum absolute atomic E-state index is 11.9. The van der Waals surface area contributed by atoms with Crippen molar-refractivity contribution in [1.29, 1.82) is 0 Å². The number of hydrogen-bond acceptors (Lipinski definition) is 5. The van der Waals surface area contributed by atoms with Gasteiger partial charge in [0.25, 0.3) is 0 Å². The maximum atomic E-state index is 11.9. The number of rotatable bonds is 7. The third-order valence-corrected chi connectivity index (χ3v) is 3.26. The van der Waals surface area contributed by atoms with Crippen molar-refractivity contribution >= 4 is 17.5 Å².